The Morgan fingerprint density at radius 1 is 1.53 bits per heavy atom. The number of rotatable bonds is 4. The molecule has 2 heterocycles. The first-order valence-corrected chi connectivity index (χ1v) is 6.11. The molecule has 2 aliphatic rings. The summed E-state index contributed by atoms with van der Waals surface area (Å²) in [5.74, 6) is -0.477. The fraction of sp³-hybridized carbons (Fsp3) is 0.636. The van der Waals surface area contributed by atoms with Crippen LogP contribution in [0.4, 0.5) is 4.79 Å². The molecule has 104 valence electrons. The fourth-order valence-corrected chi connectivity index (χ4v) is 1.89. The molecular formula is C11H16N4O4. The van der Waals surface area contributed by atoms with Gasteiger partial charge in [-0.3, -0.25) is 9.59 Å². The second-order valence-electron chi connectivity index (χ2n) is 4.52. The maximum atomic E-state index is 11.7. The van der Waals surface area contributed by atoms with Crippen molar-refractivity contribution in [3.8, 4) is 0 Å². The molecule has 19 heavy (non-hydrogen) atoms. The van der Waals surface area contributed by atoms with Crippen molar-refractivity contribution in [3.05, 3.63) is 0 Å². The number of hydrogen-bond donors (Lipinski definition) is 2. The van der Waals surface area contributed by atoms with Crippen LogP contribution in [0.2, 0.25) is 0 Å². The predicted octanol–water partition coefficient (Wildman–Crippen LogP) is -0.791. The molecule has 0 radical (unpaired) electrons. The minimum Gasteiger partial charge on any atom is -0.444 e. The van der Waals surface area contributed by atoms with Crippen molar-refractivity contribution < 1.29 is 19.1 Å². The maximum absolute atomic E-state index is 11.7. The molecule has 1 fully saturated rings. The summed E-state index contributed by atoms with van der Waals surface area (Å²) in [7, 11) is 1.67. The van der Waals surface area contributed by atoms with E-state index in [1.165, 1.54) is 4.90 Å². The Morgan fingerprint density at radius 3 is 2.89 bits per heavy atom. The lowest BCUT2D eigenvalue weighted by atomic mass is 10.1. The molecule has 2 N–H and O–H groups in total. The van der Waals surface area contributed by atoms with E-state index in [2.05, 4.69) is 15.8 Å². The molecule has 0 aromatic heterocycles. The first kappa shape index (κ1) is 13.3. The van der Waals surface area contributed by atoms with Gasteiger partial charge in [0.15, 0.2) is 0 Å². The monoisotopic (exact) mass is 268 g/mol. The van der Waals surface area contributed by atoms with E-state index in [4.69, 9.17) is 4.74 Å². The van der Waals surface area contributed by atoms with Gasteiger partial charge in [-0.05, 0) is 0 Å². The molecule has 0 aromatic carbocycles. The highest BCUT2D eigenvalue weighted by molar-refractivity contribution is 6.39. The van der Waals surface area contributed by atoms with Gasteiger partial charge in [0.1, 0.15) is 11.8 Å². The Balaban J connectivity index is 1.70. The Hall–Kier alpha value is -2.12. The van der Waals surface area contributed by atoms with E-state index < -0.39 is 0 Å². The number of cyclic esters (lactones) is 1. The highest BCUT2D eigenvalue weighted by atomic mass is 16.6. The molecule has 0 aromatic rings. The number of carbonyl (C=O) groups excluding carboxylic acids is 3. The molecule has 8 heteroatoms. The zero-order valence-electron chi connectivity index (χ0n) is 10.6. The zero-order chi connectivity index (χ0) is 13.8. The average molecular weight is 268 g/mol. The summed E-state index contributed by atoms with van der Waals surface area (Å²) in [4.78, 5) is 35.2. The lowest BCUT2D eigenvalue weighted by molar-refractivity contribution is -0.121. The minimum absolute atomic E-state index is 0.183. The Morgan fingerprint density at radius 2 is 2.32 bits per heavy atom. The standard InChI is InChI=1S/C11H16N4O4/c1-15-6-7(19-11(15)18)4-5-12-10(17)8-2-3-9(16)14-13-8/h7H,2-6H2,1H3,(H,12,17)(H,14,16). The fourth-order valence-electron chi connectivity index (χ4n) is 1.89. The molecule has 0 aliphatic carbocycles. The van der Waals surface area contributed by atoms with Crippen molar-refractivity contribution in [1.29, 1.82) is 0 Å². The van der Waals surface area contributed by atoms with Crippen LogP contribution in [0, 0.1) is 0 Å². The van der Waals surface area contributed by atoms with Crippen molar-refractivity contribution in [2.45, 2.75) is 25.4 Å². The van der Waals surface area contributed by atoms with Crippen molar-refractivity contribution in [2.24, 2.45) is 5.10 Å². The molecular weight excluding hydrogens is 252 g/mol. The molecule has 8 nitrogen and oxygen atoms in total. The molecule has 0 spiro atoms. The van der Waals surface area contributed by atoms with Crippen LogP contribution in [0.15, 0.2) is 5.10 Å². The van der Waals surface area contributed by atoms with E-state index in [1.54, 1.807) is 7.05 Å². The number of carbonyl (C=O) groups is 3. The van der Waals surface area contributed by atoms with Crippen LogP contribution < -0.4 is 10.7 Å². The lowest BCUT2D eigenvalue weighted by Gasteiger charge is -2.13. The quantitative estimate of drug-likeness (QED) is 0.697. The summed E-state index contributed by atoms with van der Waals surface area (Å²) in [6.07, 6.45) is 0.652. The third-order valence-corrected chi connectivity index (χ3v) is 2.98. The van der Waals surface area contributed by atoms with Crippen LogP contribution in [0.1, 0.15) is 19.3 Å². The number of nitrogens with one attached hydrogen (secondary N) is 2. The van der Waals surface area contributed by atoms with Crippen LogP contribution in [0.5, 0.6) is 0 Å². The summed E-state index contributed by atoms with van der Waals surface area (Å²) in [6.45, 7) is 0.934. The highest BCUT2D eigenvalue weighted by Gasteiger charge is 2.28. The van der Waals surface area contributed by atoms with Gasteiger partial charge in [0.05, 0.1) is 6.54 Å². The number of nitrogens with zero attached hydrogens (tertiary/aromatic N) is 2. The Bertz CT molecular complexity index is 434. The molecule has 2 rings (SSSR count). The van der Waals surface area contributed by atoms with Crippen LogP contribution in [-0.4, -0.2) is 54.8 Å². The SMILES string of the molecule is CN1CC(CCNC(=O)C2=NNC(=O)CC2)OC1=O. The van der Waals surface area contributed by atoms with E-state index in [9.17, 15) is 14.4 Å². The normalized spacial score (nSPS) is 22.7. The van der Waals surface area contributed by atoms with Crippen molar-refractivity contribution in [3.63, 3.8) is 0 Å². The third kappa shape index (κ3) is 3.43. The number of hydrazone groups is 1. The van der Waals surface area contributed by atoms with Crippen LogP contribution >= 0.6 is 0 Å². The second kappa shape index (κ2) is 5.68. The van der Waals surface area contributed by atoms with Gasteiger partial charge < -0.3 is 15.0 Å². The average Bonchev–Trinajstić information content (AvgIpc) is 2.69. The Kier molecular flexibility index (Phi) is 3.98. The summed E-state index contributed by atoms with van der Waals surface area (Å²) < 4.78 is 5.06. The van der Waals surface area contributed by atoms with E-state index in [-0.39, 0.29) is 30.4 Å². The number of amides is 3. The largest absolute Gasteiger partial charge is 0.444 e. The molecule has 3 amide bonds. The molecule has 0 saturated carbocycles. The molecule has 2 aliphatic heterocycles. The summed E-state index contributed by atoms with van der Waals surface area (Å²) >= 11 is 0. The van der Waals surface area contributed by atoms with Gasteiger partial charge in [0, 0.05) is 32.9 Å². The summed E-state index contributed by atoms with van der Waals surface area (Å²) in [6, 6.07) is 0. The topological polar surface area (TPSA) is 100 Å². The van der Waals surface area contributed by atoms with Crippen molar-refractivity contribution in [1.82, 2.24) is 15.6 Å². The van der Waals surface area contributed by atoms with Crippen LogP contribution in [-0.2, 0) is 14.3 Å². The van der Waals surface area contributed by atoms with Crippen molar-refractivity contribution >= 4 is 23.6 Å². The van der Waals surface area contributed by atoms with E-state index >= 15 is 0 Å². The second-order valence-corrected chi connectivity index (χ2v) is 4.52. The molecule has 1 atom stereocenters. The first-order valence-electron chi connectivity index (χ1n) is 6.11. The maximum Gasteiger partial charge on any atom is 0.409 e. The van der Waals surface area contributed by atoms with E-state index in [0.717, 1.165) is 0 Å². The van der Waals surface area contributed by atoms with Gasteiger partial charge in [-0.15, -0.1) is 0 Å². The van der Waals surface area contributed by atoms with Gasteiger partial charge in [0.2, 0.25) is 5.91 Å². The van der Waals surface area contributed by atoms with Gasteiger partial charge in [-0.25, -0.2) is 10.2 Å². The predicted molar refractivity (Wildman–Crippen MR) is 65.3 cm³/mol. The lowest BCUT2D eigenvalue weighted by Crippen LogP contribution is -2.38. The minimum atomic E-state index is -0.337. The molecule has 0 bridgehead atoms. The van der Waals surface area contributed by atoms with Crippen LogP contribution in [0.3, 0.4) is 0 Å². The summed E-state index contributed by atoms with van der Waals surface area (Å²) in [5, 5.41) is 6.39. The summed E-state index contributed by atoms with van der Waals surface area (Å²) in [5.41, 5.74) is 2.59. The third-order valence-electron chi connectivity index (χ3n) is 2.98. The van der Waals surface area contributed by atoms with E-state index in [0.29, 0.717) is 31.6 Å². The zero-order valence-corrected chi connectivity index (χ0v) is 10.6. The van der Waals surface area contributed by atoms with Crippen LogP contribution in [0.25, 0.3) is 0 Å². The number of ether oxygens (including phenoxy) is 1. The molecule has 1 unspecified atom stereocenters. The highest BCUT2D eigenvalue weighted by Crippen LogP contribution is 2.11. The number of likely N-dealkylation sites (N-methyl/N-ethyl adjacent to an activating group) is 1. The van der Waals surface area contributed by atoms with E-state index in [1.807, 2.05) is 0 Å². The van der Waals surface area contributed by atoms with Gasteiger partial charge in [-0.2, -0.15) is 5.10 Å². The smallest absolute Gasteiger partial charge is 0.409 e. The van der Waals surface area contributed by atoms with Gasteiger partial charge >= 0.3 is 6.09 Å². The molecule has 1 saturated heterocycles. The Labute approximate surface area is 110 Å². The van der Waals surface area contributed by atoms with Gasteiger partial charge in [-0.1, -0.05) is 0 Å². The van der Waals surface area contributed by atoms with Gasteiger partial charge in [0.25, 0.3) is 5.91 Å². The van der Waals surface area contributed by atoms with Crippen molar-refractivity contribution in [2.75, 3.05) is 20.1 Å². The number of hydrogen-bond acceptors (Lipinski definition) is 5. The first-order chi connectivity index (χ1) is 9.06.